The van der Waals surface area contributed by atoms with E-state index in [2.05, 4.69) is 6.92 Å². The topological polar surface area (TPSA) is 40.5 Å². The van der Waals surface area contributed by atoms with Gasteiger partial charge in [0.25, 0.3) is 0 Å². The second-order valence-corrected chi connectivity index (χ2v) is 5.02. The molecule has 0 saturated carbocycles. The quantitative estimate of drug-likeness (QED) is 0.861. The van der Waals surface area contributed by atoms with Crippen molar-refractivity contribution in [2.45, 2.75) is 40.0 Å². The van der Waals surface area contributed by atoms with Gasteiger partial charge in [0.05, 0.1) is 5.56 Å². The first-order valence-electron chi connectivity index (χ1n) is 7.28. The molecule has 2 nitrogen and oxygen atoms in total. The maximum Gasteiger partial charge on any atom is 0.130 e. The SMILES string of the molecule is CCc1ccc(-c2c(O)c(CC)cc(CC)c2O)cc1. The third-order valence-corrected chi connectivity index (χ3v) is 3.84. The molecule has 2 aromatic carbocycles. The Labute approximate surface area is 120 Å². The van der Waals surface area contributed by atoms with Crippen molar-refractivity contribution in [1.29, 1.82) is 0 Å². The zero-order valence-electron chi connectivity index (χ0n) is 12.4. The summed E-state index contributed by atoms with van der Waals surface area (Å²) in [6.45, 7) is 6.13. The summed E-state index contributed by atoms with van der Waals surface area (Å²) in [7, 11) is 0. The van der Waals surface area contributed by atoms with Gasteiger partial charge in [0.1, 0.15) is 11.5 Å². The minimum atomic E-state index is 0.200. The highest BCUT2D eigenvalue weighted by Crippen LogP contribution is 2.42. The number of hydrogen-bond acceptors (Lipinski definition) is 2. The van der Waals surface area contributed by atoms with Gasteiger partial charge in [-0.25, -0.2) is 0 Å². The molecule has 0 spiro atoms. The highest BCUT2D eigenvalue weighted by Gasteiger charge is 2.17. The van der Waals surface area contributed by atoms with Gasteiger partial charge >= 0.3 is 0 Å². The minimum Gasteiger partial charge on any atom is -0.507 e. The average molecular weight is 270 g/mol. The van der Waals surface area contributed by atoms with E-state index in [-0.39, 0.29) is 11.5 Å². The zero-order chi connectivity index (χ0) is 14.7. The number of phenolic OH excluding ortho intramolecular Hbond substituents is 2. The van der Waals surface area contributed by atoms with Gasteiger partial charge in [-0.1, -0.05) is 45.0 Å². The fourth-order valence-electron chi connectivity index (χ4n) is 2.50. The van der Waals surface area contributed by atoms with E-state index in [1.165, 1.54) is 5.56 Å². The molecule has 0 bridgehead atoms. The van der Waals surface area contributed by atoms with Crippen molar-refractivity contribution in [2.75, 3.05) is 0 Å². The number of aromatic hydroxyl groups is 2. The van der Waals surface area contributed by atoms with E-state index in [4.69, 9.17) is 0 Å². The molecule has 0 atom stereocenters. The normalized spacial score (nSPS) is 10.8. The first-order valence-corrected chi connectivity index (χ1v) is 7.28. The van der Waals surface area contributed by atoms with Crippen molar-refractivity contribution in [3.8, 4) is 22.6 Å². The summed E-state index contributed by atoms with van der Waals surface area (Å²) in [6.07, 6.45) is 2.48. The minimum absolute atomic E-state index is 0.200. The average Bonchev–Trinajstić information content (AvgIpc) is 2.48. The second kappa shape index (κ2) is 6.00. The molecule has 2 rings (SSSR count). The number of aryl methyl sites for hydroxylation is 3. The molecule has 0 aliphatic carbocycles. The Bertz CT molecular complexity index is 570. The predicted octanol–water partition coefficient (Wildman–Crippen LogP) is 4.45. The van der Waals surface area contributed by atoms with Gasteiger partial charge in [0.2, 0.25) is 0 Å². The maximum absolute atomic E-state index is 10.4. The van der Waals surface area contributed by atoms with Crippen LogP contribution in [0.15, 0.2) is 30.3 Å². The van der Waals surface area contributed by atoms with Crippen molar-refractivity contribution >= 4 is 0 Å². The van der Waals surface area contributed by atoms with Crippen LogP contribution >= 0.6 is 0 Å². The third-order valence-electron chi connectivity index (χ3n) is 3.84. The molecule has 0 fully saturated rings. The lowest BCUT2D eigenvalue weighted by atomic mass is 9.94. The van der Waals surface area contributed by atoms with Gasteiger partial charge in [0, 0.05) is 0 Å². The van der Waals surface area contributed by atoms with E-state index in [9.17, 15) is 10.2 Å². The first-order chi connectivity index (χ1) is 9.62. The lowest BCUT2D eigenvalue weighted by Gasteiger charge is -2.15. The maximum atomic E-state index is 10.4. The van der Waals surface area contributed by atoms with Crippen LogP contribution in [0.1, 0.15) is 37.5 Å². The Kier molecular flexibility index (Phi) is 4.33. The van der Waals surface area contributed by atoms with Gasteiger partial charge in [-0.05, 0) is 47.6 Å². The van der Waals surface area contributed by atoms with Crippen LogP contribution in [0.2, 0.25) is 0 Å². The van der Waals surface area contributed by atoms with Crippen LogP contribution in [-0.4, -0.2) is 10.2 Å². The van der Waals surface area contributed by atoms with Gasteiger partial charge in [-0.15, -0.1) is 0 Å². The van der Waals surface area contributed by atoms with Crippen LogP contribution in [0, 0.1) is 0 Å². The molecule has 0 saturated heterocycles. The third kappa shape index (κ3) is 2.51. The van der Waals surface area contributed by atoms with E-state index in [0.29, 0.717) is 5.56 Å². The van der Waals surface area contributed by atoms with Crippen LogP contribution in [0.5, 0.6) is 11.5 Å². The van der Waals surface area contributed by atoms with Crippen LogP contribution in [0.25, 0.3) is 11.1 Å². The van der Waals surface area contributed by atoms with Gasteiger partial charge in [0.15, 0.2) is 0 Å². The van der Waals surface area contributed by atoms with Crippen LogP contribution in [-0.2, 0) is 19.3 Å². The Morgan fingerprint density at radius 2 is 1.25 bits per heavy atom. The van der Waals surface area contributed by atoms with E-state index < -0.39 is 0 Å². The summed E-state index contributed by atoms with van der Waals surface area (Å²) < 4.78 is 0. The van der Waals surface area contributed by atoms with Crippen LogP contribution in [0.3, 0.4) is 0 Å². The van der Waals surface area contributed by atoms with Crippen molar-refractivity contribution in [2.24, 2.45) is 0 Å². The molecule has 0 radical (unpaired) electrons. The molecule has 106 valence electrons. The second-order valence-electron chi connectivity index (χ2n) is 5.02. The fourth-order valence-corrected chi connectivity index (χ4v) is 2.50. The zero-order valence-corrected chi connectivity index (χ0v) is 12.4. The molecule has 2 heteroatoms. The van der Waals surface area contributed by atoms with Gasteiger partial charge in [-0.2, -0.15) is 0 Å². The predicted molar refractivity (Wildman–Crippen MR) is 83.3 cm³/mol. The van der Waals surface area contributed by atoms with Crippen LogP contribution in [0.4, 0.5) is 0 Å². The van der Waals surface area contributed by atoms with E-state index in [0.717, 1.165) is 36.0 Å². The van der Waals surface area contributed by atoms with Crippen molar-refractivity contribution in [3.05, 3.63) is 47.0 Å². The summed E-state index contributed by atoms with van der Waals surface area (Å²) in [5.74, 6) is 0.401. The summed E-state index contributed by atoms with van der Waals surface area (Å²) >= 11 is 0. The largest absolute Gasteiger partial charge is 0.507 e. The van der Waals surface area contributed by atoms with Gasteiger partial charge in [-0.3, -0.25) is 0 Å². The monoisotopic (exact) mass is 270 g/mol. The van der Waals surface area contributed by atoms with Crippen LogP contribution < -0.4 is 0 Å². The molecule has 0 unspecified atom stereocenters. The number of rotatable bonds is 4. The Morgan fingerprint density at radius 3 is 1.65 bits per heavy atom. The standard InChI is InChI=1S/C18H22O2/c1-4-12-7-9-15(10-8-12)16-17(19)13(5-2)11-14(6-3)18(16)20/h7-11,19-20H,4-6H2,1-3H3. The van der Waals surface area contributed by atoms with Crippen molar-refractivity contribution in [3.63, 3.8) is 0 Å². The molecule has 0 aromatic heterocycles. The first kappa shape index (κ1) is 14.4. The fraction of sp³-hybridized carbons (Fsp3) is 0.333. The smallest absolute Gasteiger partial charge is 0.130 e. The lowest BCUT2D eigenvalue weighted by molar-refractivity contribution is 0.446. The molecular formula is C18H22O2. The summed E-state index contributed by atoms with van der Waals surface area (Å²) in [5, 5.41) is 20.8. The molecule has 20 heavy (non-hydrogen) atoms. The summed E-state index contributed by atoms with van der Waals surface area (Å²) in [5.41, 5.74) is 4.43. The molecule has 2 N–H and O–H groups in total. The van der Waals surface area contributed by atoms with E-state index in [1.807, 2.05) is 44.2 Å². The number of phenols is 2. The van der Waals surface area contributed by atoms with Crippen molar-refractivity contribution < 1.29 is 10.2 Å². The van der Waals surface area contributed by atoms with Crippen molar-refractivity contribution in [1.82, 2.24) is 0 Å². The summed E-state index contributed by atoms with van der Waals surface area (Å²) in [6, 6.07) is 9.91. The van der Waals surface area contributed by atoms with Gasteiger partial charge < -0.3 is 10.2 Å². The molecule has 0 amide bonds. The number of benzene rings is 2. The van der Waals surface area contributed by atoms with E-state index in [1.54, 1.807) is 0 Å². The highest BCUT2D eigenvalue weighted by atomic mass is 16.3. The molecule has 0 heterocycles. The molecular weight excluding hydrogens is 248 g/mol. The molecule has 0 aliphatic heterocycles. The Morgan fingerprint density at radius 1 is 0.750 bits per heavy atom. The lowest BCUT2D eigenvalue weighted by Crippen LogP contribution is -1.93. The summed E-state index contributed by atoms with van der Waals surface area (Å²) in [4.78, 5) is 0. The molecule has 0 aliphatic rings. The van der Waals surface area contributed by atoms with E-state index >= 15 is 0 Å². The Balaban J connectivity index is 2.64. The Hall–Kier alpha value is -1.96. The number of hydrogen-bond donors (Lipinski definition) is 2. The highest BCUT2D eigenvalue weighted by molar-refractivity contribution is 5.79. The molecule has 2 aromatic rings.